The number of benzene rings is 1. The SMILES string of the molecule is CC1COC(CO)CN1C(=O)C1(c2cccc(F)c2)CC1. The largest absolute Gasteiger partial charge is 0.394 e. The van der Waals surface area contributed by atoms with Gasteiger partial charge >= 0.3 is 0 Å². The van der Waals surface area contributed by atoms with Crippen LogP contribution in [0, 0.1) is 5.82 Å². The van der Waals surface area contributed by atoms with Gasteiger partial charge in [0.25, 0.3) is 0 Å². The lowest BCUT2D eigenvalue weighted by Crippen LogP contribution is -2.54. The molecular weight excluding hydrogens is 273 g/mol. The maximum atomic E-state index is 13.4. The third kappa shape index (κ3) is 2.56. The predicted octanol–water partition coefficient (Wildman–Crippen LogP) is 1.47. The number of nitrogens with zero attached hydrogens (tertiary/aromatic N) is 1. The van der Waals surface area contributed by atoms with Gasteiger partial charge in [0.2, 0.25) is 5.91 Å². The zero-order valence-corrected chi connectivity index (χ0v) is 12.1. The molecule has 0 radical (unpaired) electrons. The zero-order valence-electron chi connectivity index (χ0n) is 12.1. The van der Waals surface area contributed by atoms with Crippen molar-refractivity contribution in [2.24, 2.45) is 0 Å². The highest BCUT2D eigenvalue weighted by Crippen LogP contribution is 2.50. The summed E-state index contributed by atoms with van der Waals surface area (Å²) in [5.74, 6) is -0.280. The smallest absolute Gasteiger partial charge is 0.233 e. The van der Waals surface area contributed by atoms with Crippen LogP contribution in [0.5, 0.6) is 0 Å². The van der Waals surface area contributed by atoms with Gasteiger partial charge in [-0.3, -0.25) is 4.79 Å². The average molecular weight is 293 g/mol. The third-order valence-corrected chi connectivity index (χ3v) is 4.51. The van der Waals surface area contributed by atoms with Gasteiger partial charge < -0.3 is 14.7 Å². The van der Waals surface area contributed by atoms with E-state index in [0.717, 1.165) is 18.4 Å². The van der Waals surface area contributed by atoms with E-state index < -0.39 is 5.41 Å². The van der Waals surface area contributed by atoms with Crippen molar-refractivity contribution in [3.63, 3.8) is 0 Å². The quantitative estimate of drug-likeness (QED) is 0.918. The van der Waals surface area contributed by atoms with Crippen LogP contribution in [0.15, 0.2) is 24.3 Å². The van der Waals surface area contributed by atoms with Crippen molar-refractivity contribution in [1.82, 2.24) is 4.90 Å². The third-order valence-electron chi connectivity index (χ3n) is 4.51. The van der Waals surface area contributed by atoms with E-state index in [1.807, 2.05) is 13.0 Å². The summed E-state index contributed by atoms with van der Waals surface area (Å²) in [6.45, 7) is 2.67. The number of amides is 1. The Bertz CT molecular complexity index is 544. The Kier molecular flexibility index (Phi) is 3.71. The minimum absolute atomic E-state index is 0.0219. The number of aliphatic hydroxyl groups is 1. The molecule has 1 heterocycles. The molecule has 1 amide bonds. The van der Waals surface area contributed by atoms with Crippen molar-refractivity contribution < 1.29 is 19.0 Å². The molecular formula is C16H20FNO3. The lowest BCUT2D eigenvalue weighted by atomic mass is 9.93. The summed E-state index contributed by atoms with van der Waals surface area (Å²) < 4.78 is 18.9. The zero-order chi connectivity index (χ0) is 15.0. The molecule has 1 aliphatic heterocycles. The van der Waals surface area contributed by atoms with Gasteiger partial charge in [-0.1, -0.05) is 12.1 Å². The van der Waals surface area contributed by atoms with Gasteiger partial charge in [0.15, 0.2) is 0 Å². The summed E-state index contributed by atoms with van der Waals surface area (Å²) in [7, 11) is 0. The first kappa shape index (κ1) is 14.5. The fourth-order valence-corrected chi connectivity index (χ4v) is 3.02. The Morgan fingerprint density at radius 1 is 1.52 bits per heavy atom. The van der Waals surface area contributed by atoms with E-state index in [9.17, 15) is 14.3 Å². The molecule has 4 nitrogen and oxygen atoms in total. The molecule has 0 spiro atoms. The molecule has 3 rings (SSSR count). The topological polar surface area (TPSA) is 49.8 Å². The maximum Gasteiger partial charge on any atom is 0.233 e. The molecule has 114 valence electrons. The summed E-state index contributed by atoms with van der Waals surface area (Å²) in [6, 6.07) is 6.30. The first-order valence-corrected chi connectivity index (χ1v) is 7.36. The van der Waals surface area contributed by atoms with Crippen molar-refractivity contribution in [2.75, 3.05) is 19.8 Å². The molecule has 21 heavy (non-hydrogen) atoms. The van der Waals surface area contributed by atoms with Crippen molar-refractivity contribution in [1.29, 1.82) is 0 Å². The first-order valence-electron chi connectivity index (χ1n) is 7.36. The molecule has 2 atom stereocenters. The number of aliphatic hydroxyl groups excluding tert-OH is 1. The van der Waals surface area contributed by atoms with Crippen LogP contribution in [0.1, 0.15) is 25.3 Å². The molecule has 2 fully saturated rings. The van der Waals surface area contributed by atoms with Crippen LogP contribution in [0.2, 0.25) is 0 Å². The first-order chi connectivity index (χ1) is 10.1. The molecule has 0 bridgehead atoms. The van der Waals surface area contributed by atoms with Gasteiger partial charge in [0.1, 0.15) is 5.82 Å². The molecule has 2 unspecified atom stereocenters. The van der Waals surface area contributed by atoms with Crippen molar-refractivity contribution in [2.45, 2.75) is 37.3 Å². The van der Waals surface area contributed by atoms with Crippen LogP contribution in [-0.4, -0.2) is 47.8 Å². The average Bonchev–Trinajstić information content (AvgIpc) is 3.29. The fourth-order valence-electron chi connectivity index (χ4n) is 3.02. The molecule has 1 aromatic carbocycles. The Morgan fingerprint density at radius 3 is 2.90 bits per heavy atom. The highest BCUT2D eigenvalue weighted by atomic mass is 19.1. The number of hydrogen-bond acceptors (Lipinski definition) is 3. The summed E-state index contributed by atoms with van der Waals surface area (Å²) in [5.41, 5.74) is 0.181. The van der Waals surface area contributed by atoms with E-state index in [2.05, 4.69) is 0 Å². The number of halogens is 1. The number of hydrogen-bond donors (Lipinski definition) is 1. The summed E-state index contributed by atoms with van der Waals surface area (Å²) >= 11 is 0. The lowest BCUT2D eigenvalue weighted by Gasteiger charge is -2.39. The van der Waals surface area contributed by atoms with Crippen LogP contribution in [0.25, 0.3) is 0 Å². The molecule has 2 aliphatic rings. The van der Waals surface area contributed by atoms with Gasteiger partial charge in [-0.25, -0.2) is 4.39 Å². The minimum Gasteiger partial charge on any atom is -0.394 e. The predicted molar refractivity (Wildman–Crippen MR) is 75.3 cm³/mol. The molecule has 1 N–H and O–H groups in total. The minimum atomic E-state index is -0.576. The van der Waals surface area contributed by atoms with Crippen LogP contribution in [-0.2, 0) is 14.9 Å². The van der Waals surface area contributed by atoms with Crippen LogP contribution < -0.4 is 0 Å². The van der Waals surface area contributed by atoms with Crippen molar-refractivity contribution in [3.8, 4) is 0 Å². The molecule has 1 saturated carbocycles. The second-order valence-corrected chi connectivity index (χ2v) is 6.04. The standard InChI is InChI=1S/C16H20FNO3/c1-11-10-21-14(9-19)8-18(11)15(20)16(5-6-16)12-3-2-4-13(17)7-12/h2-4,7,11,14,19H,5-6,8-10H2,1H3. The van der Waals surface area contributed by atoms with E-state index in [4.69, 9.17) is 4.74 Å². The number of ether oxygens (including phenoxy) is 1. The normalized spacial score (nSPS) is 27.5. The number of rotatable bonds is 3. The van der Waals surface area contributed by atoms with Crippen LogP contribution >= 0.6 is 0 Å². The van der Waals surface area contributed by atoms with Crippen molar-refractivity contribution >= 4 is 5.91 Å². The van der Waals surface area contributed by atoms with E-state index in [0.29, 0.717) is 13.2 Å². The Labute approximate surface area is 123 Å². The van der Waals surface area contributed by atoms with E-state index in [-0.39, 0.29) is 30.5 Å². The van der Waals surface area contributed by atoms with Crippen LogP contribution in [0.3, 0.4) is 0 Å². The lowest BCUT2D eigenvalue weighted by molar-refractivity contribution is -0.148. The van der Waals surface area contributed by atoms with Gasteiger partial charge in [-0.05, 0) is 37.5 Å². The molecule has 1 saturated heterocycles. The van der Waals surface area contributed by atoms with Gasteiger partial charge in [-0.15, -0.1) is 0 Å². The second-order valence-electron chi connectivity index (χ2n) is 6.04. The van der Waals surface area contributed by atoms with Gasteiger partial charge in [0.05, 0.1) is 30.8 Å². The summed E-state index contributed by atoms with van der Waals surface area (Å²) in [4.78, 5) is 14.7. The maximum absolute atomic E-state index is 13.4. The number of morpholine rings is 1. The Hall–Kier alpha value is -1.46. The van der Waals surface area contributed by atoms with E-state index in [1.165, 1.54) is 12.1 Å². The van der Waals surface area contributed by atoms with Crippen molar-refractivity contribution in [3.05, 3.63) is 35.6 Å². The highest BCUT2D eigenvalue weighted by Gasteiger charge is 2.54. The fraction of sp³-hybridized carbons (Fsp3) is 0.562. The molecule has 1 aliphatic carbocycles. The number of carbonyl (C=O) groups excluding carboxylic acids is 1. The Morgan fingerprint density at radius 2 is 2.29 bits per heavy atom. The highest BCUT2D eigenvalue weighted by molar-refractivity contribution is 5.91. The molecule has 0 aromatic heterocycles. The molecule has 1 aromatic rings. The Balaban J connectivity index is 1.84. The monoisotopic (exact) mass is 293 g/mol. The van der Waals surface area contributed by atoms with E-state index >= 15 is 0 Å². The van der Waals surface area contributed by atoms with Gasteiger partial charge in [0, 0.05) is 6.54 Å². The summed E-state index contributed by atoms with van der Waals surface area (Å²) in [5, 5.41) is 9.24. The van der Waals surface area contributed by atoms with E-state index in [1.54, 1.807) is 11.0 Å². The van der Waals surface area contributed by atoms with Gasteiger partial charge in [-0.2, -0.15) is 0 Å². The van der Waals surface area contributed by atoms with Crippen LogP contribution in [0.4, 0.5) is 4.39 Å². The number of carbonyl (C=O) groups is 1. The molecule has 5 heteroatoms. The second kappa shape index (κ2) is 5.39. The summed E-state index contributed by atoms with van der Waals surface area (Å²) in [6.07, 6.45) is 1.18.